The summed E-state index contributed by atoms with van der Waals surface area (Å²) in [4.78, 5) is 31.6. The average molecular weight is 305 g/mol. The Balaban J connectivity index is 1.95. The summed E-state index contributed by atoms with van der Waals surface area (Å²) in [5.74, 6) is 0.240. The van der Waals surface area contributed by atoms with Crippen molar-refractivity contribution in [2.75, 3.05) is 31.1 Å². The molecule has 1 atom stereocenters. The van der Waals surface area contributed by atoms with Crippen LogP contribution in [0.5, 0.6) is 0 Å². The Hall–Kier alpha value is -2.15. The van der Waals surface area contributed by atoms with Gasteiger partial charge in [-0.15, -0.1) is 0 Å². The maximum Gasteiger partial charge on any atom is 0.252 e. The number of pyridine rings is 1. The van der Waals surface area contributed by atoms with Crippen LogP contribution in [-0.2, 0) is 4.79 Å². The number of rotatable bonds is 5. The van der Waals surface area contributed by atoms with Crippen LogP contribution >= 0.6 is 0 Å². The predicted molar refractivity (Wildman–Crippen MR) is 84.4 cm³/mol. The van der Waals surface area contributed by atoms with Crippen molar-refractivity contribution in [1.82, 2.24) is 9.88 Å². The Morgan fingerprint density at radius 3 is 2.59 bits per heavy atom. The van der Waals surface area contributed by atoms with Crippen LogP contribution in [0.1, 0.15) is 30.1 Å². The number of piperazine rings is 1. The molecule has 7 nitrogen and oxygen atoms in total. The minimum Gasteiger partial charge on any atom is -0.365 e. The molecule has 1 aromatic rings. The number of nitrogens with two attached hydrogens (primary N) is 2. The maximum atomic E-state index is 12.1. The van der Waals surface area contributed by atoms with Crippen molar-refractivity contribution in [3.05, 3.63) is 23.9 Å². The van der Waals surface area contributed by atoms with E-state index in [1.165, 1.54) is 0 Å². The van der Waals surface area contributed by atoms with E-state index in [4.69, 9.17) is 11.5 Å². The summed E-state index contributed by atoms with van der Waals surface area (Å²) in [5, 5.41) is 0. The number of aromatic nitrogens is 1. The molecular formula is C15H23N5O2. The van der Waals surface area contributed by atoms with Crippen molar-refractivity contribution < 1.29 is 9.59 Å². The highest BCUT2D eigenvalue weighted by molar-refractivity contribution is 5.97. The smallest absolute Gasteiger partial charge is 0.252 e. The number of hydrogen-bond acceptors (Lipinski definition) is 5. The molecule has 0 bridgehead atoms. The normalized spacial score (nSPS) is 16.5. The number of hydrogen-bond donors (Lipinski definition) is 2. The summed E-state index contributed by atoms with van der Waals surface area (Å²) in [6.45, 7) is 4.42. The number of carbonyl (C=O) groups excluding carboxylic acids is 2. The van der Waals surface area contributed by atoms with Crippen molar-refractivity contribution in [2.45, 2.75) is 25.8 Å². The Morgan fingerprint density at radius 2 is 2.00 bits per heavy atom. The number of nitrogens with zero attached hydrogens (tertiary/aromatic N) is 3. The molecule has 1 unspecified atom stereocenters. The fourth-order valence-electron chi connectivity index (χ4n) is 2.52. The number of carbonyl (C=O) groups is 2. The van der Waals surface area contributed by atoms with Crippen LogP contribution in [0.4, 0.5) is 5.82 Å². The Kier molecular flexibility index (Phi) is 5.32. The average Bonchev–Trinajstić information content (AvgIpc) is 2.52. The molecule has 120 valence electrons. The van der Waals surface area contributed by atoms with Crippen molar-refractivity contribution in [3.8, 4) is 0 Å². The summed E-state index contributed by atoms with van der Waals surface area (Å²) in [7, 11) is 0. The van der Waals surface area contributed by atoms with E-state index in [1.54, 1.807) is 18.3 Å². The molecule has 0 aliphatic carbocycles. The third-order valence-corrected chi connectivity index (χ3v) is 3.80. The van der Waals surface area contributed by atoms with Gasteiger partial charge in [0.05, 0.1) is 5.56 Å². The fraction of sp³-hybridized carbons (Fsp3) is 0.533. The highest BCUT2D eigenvalue weighted by atomic mass is 16.2. The third-order valence-electron chi connectivity index (χ3n) is 3.80. The molecule has 4 N–H and O–H groups in total. The molecule has 2 rings (SSSR count). The fourth-order valence-corrected chi connectivity index (χ4v) is 2.52. The Morgan fingerprint density at radius 1 is 1.32 bits per heavy atom. The van der Waals surface area contributed by atoms with Gasteiger partial charge in [-0.25, -0.2) is 4.98 Å². The van der Waals surface area contributed by atoms with Gasteiger partial charge in [0.1, 0.15) is 5.82 Å². The van der Waals surface area contributed by atoms with Crippen molar-refractivity contribution >= 4 is 17.6 Å². The number of primary amides is 1. The molecule has 0 spiro atoms. The van der Waals surface area contributed by atoms with Crippen LogP contribution in [0.3, 0.4) is 0 Å². The van der Waals surface area contributed by atoms with Crippen LogP contribution in [-0.4, -0.2) is 53.9 Å². The van der Waals surface area contributed by atoms with E-state index in [0.29, 0.717) is 50.4 Å². The second kappa shape index (κ2) is 7.22. The molecule has 0 aromatic carbocycles. The van der Waals surface area contributed by atoms with Gasteiger partial charge in [-0.1, -0.05) is 0 Å². The first-order chi connectivity index (χ1) is 10.5. The monoisotopic (exact) mass is 305 g/mol. The molecule has 2 heterocycles. The van der Waals surface area contributed by atoms with Crippen LogP contribution in [0.15, 0.2) is 18.3 Å². The lowest BCUT2D eigenvalue weighted by Crippen LogP contribution is -2.49. The van der Waals surface area contributed by atoms with Gasteiger partial charge < -0.3 is 21.3 Å². The summed E-state index contributed by atoms with van der Waals surface area (Å²) < 4.78 is 0. The second-order valence-electron chi connectivity index (χ2n) is 5.62. The first kappa shape index (κ1) is 16.2. The van der Waals surface area contributed by atoms with E-state index in [2.05, 4.69) is 4.98 Å². The number of anilines is 1. The Bertz CT molecular complexity index is 538. The van der Waals surface area contributed by atoms with E-state index >= 15 is 0 Å². The van der Waals surface area contributed by atoms with E-state index in [1.807, 2.05) is 16.7 Å². The van der Waals surface area contributed by atoms with Gasteiger partial charge in [0.2, 0.25) is 5.91 Å². The lowest BCUT2D eigenvalue weighted by Gasteiger charge is -2.36. The first-order valence-corrected chi connectivity index (χ1v) is 7.52. The van der Waals surface area contributed by atoms with Gasteiger partial charge in [0, 0.05) is 44.8 Å². The van der Waals surface area contributed by atoms with E-state index in [9.17, 15) is 9.59 Å². The van der Waals surface area contributed by atoms with E-state index in [-0.39, 0.29) is 11.9 Å². The molecule has 1 aliphatic heterocycles. The zero-order valence-electron chi connectivity index (χ0n) is 12.9. The molecule has 7 heteroatoms. The minimum atomic E-state index is -0.487. The summed E-state index contributed by atoms with van der Waals surface area (Å²) in [5.41, 5.74) is 11.5. The summed E-state index contributed by atoms with van der Waals surface area (Å²) in [6.07, 6.45) is 2.82. The molecule has 1 aliphatic rings. The van der Waals surface area contributed by atoms with Gasteiger partial charge in [0.25, 0.3) is 5.91 Å². The molecule has 1 aromatic heterocycles. The van der Waals surface area contributed by atoms with Crippen molar-refractivity contribution in [3.63, 3.8) is 0 Å². The van der Waals surface area contributed by atoms with Crippen LogP contribution in [0.2, 0.25) is 0 Å². The SMILES string of the molecule is CC(N)CCC(=O)N1CCN(c2ncccc2C(N)=O)CC1. The van der Waals surface area contributed by atoms with Crippen LogP contribution < -0.4 is 16.4 Å². The Labute approximate surface area is 130 Å². The molecular weight excluding hydrogens is 282 g/mol. The maximum absolute atomic E-state index is 12.1. The first-order valence-electron chi connectivity index (χ1n) is 7.52. The predicted octanol–water partition coefficient (Wildman–Crippen LogP) is -0.0435. The van der Waals surface area contributed by atoms with Crippen molar-refractivity contribution in [2.24, 2.45) is 11.5 Å². The van der Waals surface area contributed by atoms with E-state index in [0.717, 1.165) is 0 Å². The molecule has 1 saturated heterocycles. The zero-order chi connectivity index (χ0) is 16.1. The van der Waals surface area contributed by atoms with Crippen LogP contribution in [0, 0.1) is 0 Å². The zero-order valence-corrected chi connectivity index (χ0v) is 12.9. The lowest BCUT2D eigenvalue weighted by molar-refractivity contribution is -0.131. The molecule has 2 amide bonds. The standard InChI is InChI=1S/C15H23N5O2/c1-11(16)4-5-13(21)19-7-9-20(10-8-19)15-12(14(17)22)3-2-6-18-15/h2-3,6,11H,4-5,7-10,16H2,1H3,(H2,17,22). The van der Waals surface area contributed by atoms with Gasteiger partial charge in [-0.2, -0.15) is 0 Å². The summed E-state index contributed by atoms with van der Waals surface area (Å²) in [6, 6.07) is 3.40. The van der Waals surface area contributed by atoms with Crippen LogP contribution in [0.25, 0.3) is 0 Å². The highest BCUT2D eigenvalue weighted by Crippen LogP contribution is 2.18. The quantitative estimate of drug-likeness (QED) is 0.794. The highest BCUT2D eigenvalue weighted by Gasteiger charge is 2.24. The van der Waals surface area contributed by atoms with Gasteiger partial charge in [-0.05, 0) is 25.5 Å². The molecule has 1 fully saturated rings. The third kappa shape index (κ3) is 3.94. The molecule has 22 heavy (non-hydrogen) atoms. The molecule has 0 radical (unpaired) electrons. The van der Waals surface area contributed by atoms with Gasteiger partial charge >= 0.3 is 0 Å². The lowest BCUT2D eigenvalue weighted by atomic mass is 10.1. The largest absolute Gasteiger partial charge is 0.365 e. The topological polar surface area (TPSA) is 106 Å². The van der Waals surface area contributed by atoms with Crippen molar-refractivity contribution in [1.29, 1.82) is 0 Å². The number of amides is 2. The minimum absolute atomic E-state index is 0.0388. The second-order valence-corrected chi connectivity index (χ2v) is 5.62. The summed E-state index contributed by atoms with van der Waals surface area (Å²) >= 11 is 0. The van der Waals surface area contributed by atoms with E-state index < -0.39 is 5.91 Å². The molecule has 0 saturated carbocycles. The van der Waals surface area contributed by atoms with Gasteiger partial charge in [-0.3, -0.25) is 9.59 Å². The van der Waals surface area contributed by atoms with Gasteiger partial charge in [0.15, 0.2) is 0 Å².